The maximum absolute atomic E-state index is 10.6. The zero-order valence-corrected chi connectivity index (χ0v) is 9.41. The van der Waals surface area contributed by atoms with Gasteiger partial charge in [0, 0.05) is 11.8 Å². The molecule has 0 aliphatic rings. The summed E-state index contributed by atoms with van der Waals surface area (Å²) in [7, 11) is 0. The Morgan fingerprint density at radius 1 is 1.17 bits per heavy atom. The minimum atomic E-state index is -0.546. The van der Waals surface area contributed by atoms with Gasteiger partial charge in [0.2, 0.25) is 5.43 Å². The molecule has 1 aromatic heterocycles. The maximum atomic E-state index is 10.6. The van der Waals surface area contributed by atoms with Gasteiger partial charge in [0.05, 0.1) is 0 Å². The Morgan fingerprint density at radius 3 is 2.22 bits per heavy atom. The van der Waals surface area contributed by atoms with Crippen molar-refractivity contribution in [3.05, 3.63) is 52.6 Å². The number of aromatic hydroxyl groups is 2. The van der Waals surface area contributed by atoms with Crippen LogP contribution in [0.2, 0.25) is 0 Å². The Balaban J connectivity index is 0.000000184. The molecule has 0 unspecified atom stereocenters. The number of benzene rings is 1. The Labute approximate surface area is 103 Å². The van der Waals surface area contributed by atoms with Crippen LogP contribution in [0.15, 0.2) is 45.8 Å². The molecule has 2 aromatic rings. The molecular weight excluding hydrogens is 238 g/mol. The third-order valence-electron chi connectivity index (χ3n) is 1.92. The van der Waals surface area contributed by atoms with Crippen molar-refractivity contribution in [2.75, 3.05) is 5.73 Å². The van der Waals surface area contributed by atoms with Crippen molar-refractivity contribution >= 4 is 5.69 Å². The lowest BCUT2D eigenvalue weighted by atomic mass is 10.3. The number of phenolic OH excluding ortho intramolecular Hbond substituents is 1. The summed E-state index contributed by atoms with van der Waals surface area (Å²) in [6.45, 7) is -0.338. The number of hydrogen-bond donors (Lipinski definition) is 4. The van der Waals surface area contributed by atoms with Crippen LogP contribution in [0.4, 0.5) is 5.69 Å². The van der Waals surface area contributed by atoms with Crippen molar-refractivity contribution in [3.8, 4) is 11.5 Å². The highest BCUT2D eigenvalue weighted by atomic mass is 16.4. The molecule has 18 heavy (non-hydrogen) atoms. The zero-order valence-electron chi connectivity index (χ0n) is 9.41. The van der Waals surface area contributed by atoms with Crippen molar-refractivity contribution in [2.24, 2.45) is 0 Å². The van der Waals surface area contributed by atoms with Gasteiger partial charge in [0.1, 0.15) is 24.4 Å². The van der Waals surface area contributed by atoms with Crippen LogP contribution < -0.4 is 11.2 Å². The first-order valence-corrected chi connectivity index (χ1v) is 4.99. The van der Waals surface area contributed by atoms with Crippen molar-refractivity contribution in [1.29, 1.82) is 0 Å². The summed E-state index contributed by atoms with van der Waals surface area (Å²) in [6.07, 6.45) is 0.897. The summed E-state index contributed by atoms with van der Waals surface area (Å²) >= 11 is 0. The normalized spacial score (nSPS) is 9.39. The quantitative estimate of drug-likeness (QED) is 0.440. The van der Waals surface area contributed by atoms with E-state index in [0.29, 0.717) is 5.69 Å². The second-order valence-corrected chi connectivity index (χ2v) is 3.35. The summed E-state index contributed by atoms with van der Waals surface area (Å²) in [4.78, 5) is 10.6. The SMILES string of the molecule is Nc1ccc(O)cc1.O=c1cc(CO)occ1O. The van der Waals surface area contributed by atoms with Gasteiger partial charge in [0.25, 0.3) is 0 Å². The molecule has 0 fully saturated rings. The number of nitrogens with two attached hydrogens (primary N) is 1. The second kappa shape index (κ2) is 6.31. The van der Waals surface area contributed by atoms with Gasteiger partial charge >= 0.3 is 0 Å². The molecule has 0 spiro atoms. The molecular formula is C12H13NO5. The van der Waals surface area contributed by atoms with Crippen LogP contribution in [0, 0.1) is 0 Å². The lowest BCUT2D eigenvalue weighted by molar-refractivity contribution is 0.241. The molecule has 0 aliphatic carbocycles. The largest absolute Gasteiger partial charge is 0.508 e. The molecule has 5 N–H and O–H groups in total. The molecule has 0 saturated carbocycles. The van der Waals surface area contributed by atoms with Crippen LogP contribution in [-0.4, -0.2) is 15.3 Å². The van der Waals surface area contributed by atoms with E-state index >= 15 is 0 Å². The third-order valence-corrected chi connectivity index (χ3v) is 1.92. The number of phenols is 1. The lowest BCUT2D eigenvalue weighted by Crippen LogP contribution is -1.99. The van der Waals surface area contributed by atoms with Crippen LogP contribution in [-0.2, 0) is 6.61 Å². The molecule has 0 saturated heterocycles. The van der Waals surface area contributed by atoms with Gasteiger partial charge in [-0.3, -0.25) is 4.79 Å². The second-order valence-electron chi connectivity index (χ2n) is 3.35. The van der Waals surface area contributed by atoms with E-state index in [9.17, 15) is 4.79 Å². The van der Waals surface area contributed by atoms with E-state index in [1.807, 2.05) is 0 Å². The molecule has 2 rings (SSSR count). The van der Waals surface area contributed by atoms with Crippen molar-refractivity contribution in [1.82, 2.24) is 0 Å². The van der Waals surface area contributed by atoms with Gasteiger partial charge in [-0.15, -0.1) is 0 Å². The van der Waals surface area contributed by atoms with Crippen LogP contribution in [0.1, 0.15) is 5.76 Å². The highest BCUT2D eigenvalue weighted by Crippen LogP contribution is 2.09. The minimum Gasteiger partial charge on any atom is -0.508 e. The van der Waals surface area contributed by atoms with Crippen LogP contribution in [0.3, 0.4) is 0 Å². The van der Waals surface area contributed by atoms with Gasteiger partial charge in [-0.2, -0.15) is 0 Å². The zero-order chi connectivity index (χ0) is 13.5. The third kappa shape index (κ3) is 4.18. The highest BCUT2D eigenvalue weighted by Gasteiger charge is 1.98. The molecule has 1 aromatic carbocycles. The average molecular weight is 251 g/mol. The summed E-state index contributed by atoms with van der Waals surface area (Å²) in [6, 6.07) is 7.44. The Hall–Kier alpha value is -2.47. The van der Waals surface area contributed by atoms with E-state index in [1.54, 1.807) is 24.3 Å². The van der Waals surface area contributed by atoms with E-state index < -0.39 is 11.2 Å². The first-order chi connectivity index (χ1) is 8.52. The molecule has 0 aliphatic heterocycles. The van der Waals surface area contributed by atoms with Crippen LogP contribution in [0.5, 0.6) is 11.5 Å². The standard InChI is InChI=1S/C6H7NO.C6H6O4/c7-5-1-3-6(8)4-2-5;7-2-4-1-5(8)6(9)3-10-4/h1-4,8H,7H2;1,3,7,9H,2H2. The Bertz CT molecular complexity index is 526. The minimum absolute atomic E-state index is 0.141. The predicted molar refractivity (Wildman–Crippen MR) is 65.1 cm³/mol. The highest BCUT2D eigenvalue weighted by molar-refractivity contribution is 5.40. The smallest absolute Gasteiger partial charge is 0.226 e. The van der Waals surface area contributed by atoms with Gasteiger partial charge in [-0.25, -0.2) is 0 Å². The fraction of sp³-hybridized carbons (Fsp3) is 0.0833. The van der Waals surface area contributed by atoms with Crippen molar-refractivity contribution in [2.45, 2.75) is 6.61 Å². The number of aliphatic hydroxyl groups excluding tert-OH is 1. The van der Waals surface area contributed by atoms with E-state index in [-0.39, 0.29) is 18.1 Å². The van der Waals surface area contributed by atoms with Crippen molar-refractivity contribution < 1.29 is 19.7 Å². The summed E-state index contributed by atoms with van der Waals surface area (Å²) in [5, 5.41) is 25.8. The number of anilines is 1. The first kappa shape index (κ1) is 13.6. The van der Waals surface area contributed by atoms with Gasteiger partial charge in [0.15, 0.2) is 5.75 Å². The van der Waals surface area contributed by atoms with E-state index in [2.05, 4.69) is 4.42 Å². The predicted octanol–water partition coefficient (Wildman–Crippen LogP) is 0.812. The van der Waals surface area contributed by atoms with E-state index in [0.717, 1.165) is 12.3 Å². The molecule has 0 atom stereocenters. The van der Waals surface area contributed by atoms with E-state index in [4.69, 9.17) is 21.1 Å². The van der Waals surface area contributed by atoms with E-state index in [1.165, 1.54) is 0 Å². The molecule has 1 heterocycles. The summed E-state index contributed by atoms with van der Waals surface area (Å²) < 4.78 is 4.59. The average Bonchev–Trinajstić information content (AvgIpc) is 2.37. The molecule has 6 heteroatoms. The number of aliphatic hydroxyl groups is 1. The molecule has 6 nitrogen and oxygen atoms in total. The molecule has 0 radical (unpaired) electrons. The fourth-order valence-corrected chi connectivity index (χ4v) is 1.00. The van der Waals surface area contributed by atoms with Crippen molar-refractivity contribution in [3.63, 3.8) is 0 Å². The summed E-state index contributed by atoms with van der Waals surface area (Å²) in [5.41, 5.74) is 5.44. The Kier molecular flexibility index (Phi) is 4.77. The van der Waals surface area contributed by atoms with Gasteiger partial charge in [-0.05, 0) is 24.3 Å². The fourth-order valence-electron chi connectivity index (χ4n) is 1.00. The van der Waals surface area contributed by atoms with Gasteiger partial charge < -0.3 is 25.5 Å². The maximum Gasteiger partial charge on any atom is 0.226 e. The lowest BCUT2D eigenvalue weighted by Gasteiger charge is -1.92. The van der Waals surface area contributed by atoms with Crippen LogP contribution in [0.25, 0.3) is 0 Å². The Morgan fingerprint density at radius 2 is 1.78 bits per heavy atom. The molecule has 0 bridgehead atoms. The van der Waals surface area contributed by atoms with Crippen LogP contribution >= 0.6 is 0 Å². The number of nitrogen functional groups attached to an aromatic ring is 1. The van der Waals surface area contributed by atoms with Gasteiger partial charge in [-0.1, -0.05) is 0 Å². The summed E-state index contributed by atoms with van der Waals surface area (Å²) in [5.74, 6) is -0.0563. The molecule has 0 amide bonds. The number of hydrogen-bond acceptors (Lipinski definition) is 6. The molecule has 96 valence electrons. The topological polar surface area (TPSA) is 117 Å². The number of rotatable bonds is 1. The monoisotopic (exact) mass is 251 g/mol. The first-order valence-electron chi connectivity index (χ1n) is 4.99.